The Morgan fingerprint density at radius 3 is 2.33 bits per heavy atom. The Labute approximate surface area is 112 Å². The lowest BCUT2D eigenvalue weighted by atomic mass is 10.1. The lowest BCUT2D eigenvalue weighted by Crippen LogP contribution is -2.20. The predicted octanol–water partition coefficient (Wildman–Crippen LogP) is 3.16. The summed E-state index contributed by atoms with van der Waals surface area (Å²) < 4.78 is 0. The zero-order valence-electron chi connectivity index (χ0n) is 10.0. The Bertz CT molecular complexity index is 470. The highest BCUT2D eigenvalue weighted by atomic mass is 35.5. The molecule has 0 saturated heterocycles. The summed E-state index contributed by atoms with van der Waals surface area (Å²) in [5, 5.41) is 13.9. The van der Waals surface area contributed by atoms with Gasteiger partial charge in [0.05, 0.1) is 6.10 Å². The molecule has 0 unspecified atom stereocenters. The number of halogens is 1. The van der Waals surface area contributed by atoms with Crippen LogP contribution in [0, 0.1) is 0 Å². The summed E-state index contributed by atoms with van der Waals surface area (Å²) in [7, 11) is 0. The first kappa shape index (κ1) is 13.1. The highest BCUT2D eigenvalue weighted by Crippen LogP contribution is 2.12. The average molecular weight is 262 g/mol. The van der Waals surface area contributed by atoms with E-state index in [4.69, 9.17) is 11.6 Å². The molecule has 1 atom stereocenters. The number of hydrogen-bond acceptors (Lipinski definition) is 2. The van der Waals surface area contributed by atoms with Crippen molar-refractivity contribution in [2.45, 2.75) is 12.6 Å². The van der Waals surface area contributed by atoms with Gasteiger partial charge in [0.15, 0.2) is 0 Å². The zero-order chi connectivity index (χ0) is 12.8. The molecule has 94 valence electrons. The van der Waals surface area contributed by atoms with Crippen LogP contribution in [0.15, 0.2) is 54.6 Å². The number of rotatable bonds is 5. The van der Waals surface area contributed by atoms with Gasteiger partial charge in [-0.05, 0) is 23.3 Å². The molecule has 0 saturated carbocycles. The molecule has 0 aliphatic rings. The SMILES string of the molecule is O[C@H](CNCc1ccc(Cl)cc1)c1ccccc1. The molecule has 2 nitrogen and oxygen atoms in total. The zero-order valence-corrected chi connectivity index (χ0v) is 10.8. The van der Waals surface area contributed by atoms with E-state index in [-0.39, 0.29) is 0 Å². The molecular formula is C15H16ClNO. The number of benzene rings is 2. The Morgan fingerprint density at radius 1 is 1.00 bits per heavy atom. The van der Waals surface area contributed by atoms with Crippen LogP contribution in [0.25, 0.3) is 0 Å². The van der Waals surface area contributed by atoms with Crippen LogP contribution in [0.4, 0.5) is 0 Å². The second-order valence-electron chi connectivity index (χ2n) is 4.18. The maximum Gasteiger partial charge on any atom is 0.0914 e. The quantitative estimate of drug-likeness (QED) is 0.867. The predicted molar refractivity (Wildman–Crippen MR) is 74.6 cm³/mol. The fourth-order valence-corrected chi connectivity index (χ4v) is 1.87. The molecule has 18 heavy (non-hydrogen) atoms. The Morgan fingerprint density at radius 2 is 1.67 bits per heavy atom. The van der Waals surface area contributed by atoms with Gasteiger partial charge in [0, 0.05) is 18.1 Å². The van der Waals surface area contributed by atoms with E-state index in [1.165, 1.54) is 0 Å². The maximum absolute atomic E-state index is 9.96. The molecule has 0 bridgehead atoms. The minimum atomic E-state index is -0.474. The van der Waals surface area contributed by atoms with Crippen LogP contribution >= 0.6 is 11.6 Å². The van der Waals surface area contributed by atoms with Crippen LogP contribution in [0.3, 0.4) is 0 Å². The molecular weight excluding hydrogens is 246 g/mol. The molecule has 2 rings (SSSR count). The van der Waals surface area contributed by atoms with Gasteiger partial charge in [-0.1, -0.05) is 54.1 Å². The summed E-state index contributed by atoms with van der Waals surface area (Å²) in [5.41, 5.74) is 2.08. The standard InChI is InChI=1S/C15H16ClNO/c16-14-8-6-12(7-9-14)10-17-11-15(18)13-4-2-1-3-5-13/h1-9,15,17-18H,10-11H2/t15-/m1/s1. The van der Waals surface area contributed by atoms with E-state index >= 15 is 0 Å². The third-order valence-corrected chi connectivity index (χ3v) is 3.02. The fraction of sp³-hybridized carbons (Fsp3) is 0.200. The lowest BCUT2D eigenvalue weighted by Gasteiger charge is -2.12. The topological polar surface area (TPSA) is 32.3 Å². The highest BCUT2D eigenvalue weighted by Gasteiger charge is 2.05. The number of hydrogen-bond donors (Lipinski definition) is 2. The largest absolute Gasteiger partial charge is 0.387 e. The summed E-state index contributed by atoms with van der Waals surface area (Å²) >= 11 is 5.82. The first-order valence-corrected chi connectivity index (χ1v) is 6.31. The van der Waals surface area contributed by atoms with Crippen LogP contribution in [0.5, 0.6) is 0 Å². The van der Waals surface area contributed by atoms with Gasteiger partial charge in [0.1, 0.15) is 0 Å². The Balaban J connectivity index is 1.80. The Hall–Kier alpha value is -1.35. The van der Waals surface area contributed by atoms with E-state index in [0.717, 1.165) is 22.7 Å². The normalized spacial score (nSPS) is 12.3. The molecule has 0 radical (unpaired) electrons. The summed E-state index contributed by atoms with van der Waals surface area (Å²) in [4.78, 5) is 0. The van der Waals surface area contributed by atoms with Gasteiger partial charge in [-0.25, -0.2) is 0 Å². The van der Waals surface area contributed by atoms with Crippen LogP contribution in [-0.2, 0) is 6.54 Å². The third kappa shape index (κ3) is 3.84. The van der Waals surface area contributed by atoms with E-state index in [2.05, 4.69) is 5.32 Å². The van der Waals surface area contributed by atoms with E-state index in [1.54, 1.807) is 0 Å². The number of nitrogens with one attached hydrogen (secondary N) is 1. The van der Waals surface area contributed by atoms with Crippen molar-refractivity contribution in [3.05, 3.63) is 70.7 Å². The number of aliphatic hydroxyl groups is 1. The van der Waals surface area contributed by atoms with Gasteiger partial charge < -0.3 is 10.4 Å². The minimum Gasteiger partial charge on any atom is -0.387 e. The first-order chi connectivity index (χ1) is 8.75. The summed E-state index contributed by atoms with van der Waals surface area (Å²) in [6.45, 7) is 1.26. The number of aliphatic hydroxyl groups excluding tert-OH is 1. The van der Waals surface area contributed by atoms with Gasteiger partial charge >= 0.3 is 0 Å². The summed E-state index contributed by atoms with van der Waals surface area (Å²) in [5.74, 6) is 0. The van der Waals surface area contributed by atoms with Crippen LogP contribution in [0.2, 0.25) is 5.02 Å². The van der Waals surface area contributed by atoms with Crippen molar-refractivity contribution in [1.82, 2.24) is 5.32 Å². The van der Waals surface area contributed by atoms with Crippen molar-refractivity contribution in [2.75, 3.05) is 6.54 Å². The van der Waals surface area contributed by atoms with Gasteiger partial charge in [-0.15, -0.1) is 0 Å². The average Bonchev–Trinajstić information content (AvgIpc) is 2.42. The second-order valence-corrected chi connectivity index (χ2v) is 4.62. The molecule has 2 N–H and O–H groups in total. The Kier molecular flexibility index (Phi) is 4.76. The van der Waals surface area contributed by atoms with Crippen molar-refractivity contribution >= 4 is 11.6 Å². The van der Waals surface area contributed by atoms with Gasteiger partial charge in [-0.3, -0.25) is 0 Å². The van der Waals surface area contributed by atoms with Gasteiger partial charge in [0.25, 0.3) is 0 Å². The molecule has 0 spiro atoms. The smallest absolute Gasteiger partial charge is 0.0914 e. The van der Waals surface area contributed by atoms with E-state index in [1.807, 2.05) is 54.6 Å². The van der Waals surface area contributed by atoms with Gasteiger partial charge in [0.2, 0.25) is 0 Å². The van der Waals surface area contributed by atoms with Crippen molar-refractivity contribution < 1.29 is 5.11 Å². The maximum atomic E-state index is 9.96. The van der Waals surface area contributed by atoms with E-state index < -0.39 is 6.10 Å². The van der Waals surface area contributed by atoms with Gasteiger partial charge in [-0.2, -0.15) is 0 Å². The van der Waals surface area contributed by atoms with Crippen molar-refractivity contribution in [1.29, 1.82) is 0 Å². The van der Waals surface area contributed by atoms with Crippen LogP contribution in [-0.4, -0.2) is 11.7 Å². The summed E-state index contributed by atoms with van der Waals surface area (Å²) in [6.07, 6.45) is -0.474. The molecule has 2 aromatic carbocycles. The molecule has 0 fully saturated rings. The molecule has 3 heteroatoms. The molecule has 0 aromatic heterocycles. The molecule has 0 amide bonds. The molecule has 2 aromatic rings. The summed E-state index contributed by atoms with van der Waals surface area (Å²) in [6, 6.07) is 17.3. The van der Waals surface area contributed by atoms with Crippen LogP contribution < -0.4 is 5.32 Å². The fourth-order valence-electron chi connectivity index (χ4n) is 1.75. The van der Waals surface area contributed by atoms with Crippen molar-refractivity contribution in [3.63, 3.8) is 0 Å². The molecule has 0 heterocycles. The van der Waals surface area contributed by atoms with Crippen LogP contribution in [0.1, 0.15) is 17.2 Å². The minimum absolute atomic E-state index is 0.474. The monoisotopic (exact) mass is 261 g/mol. The highest BCUT2D eigenvalue weighted by molar-refractivity contribution is 6.30. The third-order valence-electron chi connectivity index (χ3n) is 2.76. The molecule has 0 aliphatic heterocycles. The second kappa shape index (κ2) is 6.55. The lowest BCUT2D eigenvalue weighted by molar-refractivity contribution is 0.174. The van der Waals surface area contributed by atoms with Crippen molar-refractivity contribution in [3.8, 4) is 0 Å². The molecule has 0 aliphatic carbocycles. The van der Waals surface area contributed by atoms with E-state index in [0.29, 0.717) is 6.54 Å². The first-order valence-electron chi connectivity index (χ1n) is 5.94. The van der Waals surface area contributed by atoms with E-state index in [9.17, 15) is 5.11 Å². The van der Waals surface area contributed by atoms with Crippen molar-refractivity contribution in [2.24, 2.45) is 0 Å².